The van der Waals surface area contributed by atoms with E-state index >= 15 is 0 Å². The van der Waals surface area contributed by atoms with Crippen LogP contribution in [0.2, 0.25) is 0 Å². The highest BCUT2D eigenvalue weighted by molar-refractivity contribution is 5.86. The van der Waals surface area contributed by atoms with E-state index in [1.807, 2.05) is 0 Å². The van der Waals surface area contributed by atoms with E-state index in [2.05, 4.69) is 14.7 Å². The Morgan fingerprint density at radius 1 is 1.33 bits per heavy atom. The molecule has 0 saturated heterocycles. The number of amides is 1. The highest BCUT2D eigenvalue weighted by atomic mass is 19.4. The number of esters is 1. The van der Waals surface area contributed by atoms with E-state index in [-0.39, 0.29) is 11.4 Å². The molecule has 1 N–H and O–H groups in total. The Morgan fingerprint density at radius 3 is 2.44 bits per heavy atom. The van der Waals surface area contributed by atoms with Crippen molar-refractivity contribution in [2.45, 2.75) is 12.7 Å². The normalized spacial score (nSPS) is 10.9. The lowest BCUT2D eigenvalue weighted by Gasteiger charge is -2.07. The van der Waals surface area contributed by atoms with Gasteiger partial charge in [-0.15, -0.1) is 0 Å². The van der Waals surface area contributed by atoms with Crippen LogP contribution >= 0.6 is 0 Å². The van der Waals surface area contributed by atoms with Crippen LogP contribution in [0.25, 0.3) is 0 Å². The lowest BCUT2D eigenvalue weighted by atomic mass is 10.4. The molecule has 98 valence electrons. The summed E-state index contributed by atoms with van der Waals surface area (Å²) in [6.07, 6.45) is -2.83. The second kappa shape index (κ2) is 5.43. The molecule has 0 radical (unpaired) electrons. The van der Waals surface area contributed by atoms with Gasteiger partial charge >= 0.3 is 18.1 Å². The third-order valence-electron chi connectivity index (χ3n) is 1.79. The minimum absolute atomic E-state index is 0.0802. The van der Waals surface area contributed by atoms with Crippen LogP contribution in [-0.2, 0) is 16.1 Å². The molecule has 1 aromatic heterocycles. The lowest BCUT2D eigenvalue weighted by Crippen LogP contribution is -2.36. The SMILES string of the molecule is COC(=O)c1cnc(CNC(=O)C(F)(F)F)cn1. The number of hydrogen-bond acceptors (Lipinski definition) is 5. The topological polar surface area (TPSA) is 81.2 Å². The fourth-order valence-electron chi connectivity index (χ4n) is 0.927. The van der Waals surface area contributed by atoms with Crippen molar-refractivity contribution in [3.05, 3.63) is 23.8 Å². The first-order valence-electron chi connectivity index (χ1n) is 4.59. The Labute approximate surface area is 99.2 Å². The van der Waals surface area contributed by atoms with Gasteiger partial charge in [-0.3, -0.25) is 9.78 Å². The van der Waals surface area contributed by atoms with Crippen molar-refractivity contribution in [1.29, 1.82) is 0 Å². The Kier molecular flexibility index (Phi) is 4.18. The zero-order valence-electron chi connectivity index (χ0n) is 9.11. The van der Waals surface area contributed by atoms with Gasteiger partial charge in [0.2, 0.25) is 0 Å². The Balaban J connectivity index is 2.60. The van der Waals surface area contributed by atoms with Crippen molar-refractivity contribution in [3.63, 3.8) is 0 Å². The molecule has 1 aromatic rings. The van der Waals surface area contributed by atoms with Crippen molar-refractivity contribution in [3.8, 4) is 0 Å². The molecular weight excluding hydrogens is 255 g/mol. The highest BCUT2D eigenvalue weighted by Crippen LogP contribution is 2.14. The number of aromatic nitrogens is 2. The number of ether oxygens (including phenoxy) is 1. The van der Waals surface area contributed by atoms with Crippen molar-refractivity contribution in [2.75, 3.05) is 7.11 Å². The number of halogens is 3. The average molecular weight is 263 g/mol. The molecule has 0 saturated carbocycles. The molecule has 1 heterocycles. The van der Waals surface area contributed by atoms with Crippen LogP contribution in [0.3, 0.4) is 0 Å². The van der Waals surface area contributed by atoms with E-state index in [0.29, 0.717) is 0 Å². The standard InChI is InChI=1S/C9H8F3N3O3/c1-18-7(16)6-4-13-5(2-14-6)3-15-8(17)9(10,11)12/h2,4H,3H2,1H3,(H,15,17). The van der Waals surface area contributed by atoms with Crippen LogP contribution in [0.1, 0.15) is 16.2 Å². The van der Waals surface area contributed by atoms with Gasteiger partial charge in [-0.1, -0.05) is 0 Å². The number of rotatable bonds is 3. The third-order valence-corrected chi connectivity index (χ3v) is 1.79. The zero-order chi connectivity index (χ0) is 13.8. The molecule has 0 fully saturated rings. The molecule has 0 aliphatic rings. The van der Waals surface area contributed by atoms with Crippen LogP contribution in [0.15, 0.2) is 12.4 Å². The summed E-state index contributed by atoms with van der Waals surface area (Å²) < 4.78 is 39.9. The van der Waals surface area contributed by atoms with E-state index < -0.39 is 24.6 Å². The number of nitrogens with one attached hydrogen (secondary N) is 1. The fraction of sp³-hybridized carbons (Fsp3) is 0.333. The minimum atomic E-state index is -4.95. The predicted molar refractivity (Wildman–Crippen MR) is 51.3 cm³/mol. The number of alkyl halides is 3. The second-order valence-corrected chi connectivity index (χ2v) is 3.06. The van der Waals surface area contributed by atoms with Gasteiger partial charge in [0.25, 0.3) is 0 Å². The predicted octanol–water partition coefficient (Wildman–Crippen LogP) is 0.442. The van der Waals surface area contributed by atoms with Crippen LogP contribution in [0.4, 0.5) is 13.2 Å². The Bertz CT molecular complexity index is 445. The maximum Gasteiger partial charge on any atom is 0.471 e. The number of carbonyl (C=O) groups is 2. The van der Waals surface area contributed by atoms with E-state index in [1.54, 1.807) is 5.32 Å². The summed E-state index contributed by atoms with van der Waals surface area (Å²) in [6.45, 7) is -0.438. The number of carbonyl (C=O) groups excluding carboxylic acids is 2. The summed E-state index contributed by atoms with van der Waals surface area (Å²) in [5.74, 6) is -2.78. The quantitative estimate of drug-likeness (QED) is 0.800. The lowest BCUT2D eigenvalue weighted by molar-refractivity contribution is -0.173. The van der Waals surface area contributed by atoms with Crippen LogP contribution < -0.4 is 5.32 Å². The molecule has 1 amide bonds. The first-order chi connectivity index (χ1) is 8.34. The van der Waals surface area contributed by atoms with Gasteiger partial charge in [0.15, 0.2) is 5.69 Å². The van der Waals surface area contributed by atoms with Gasteiger partial charge in [0.05, 0.1) is 31.7 Å². The Morgan fingerprint density at radius 2 is 2.00 bits per heavy atom. The molecule has 18 heavy (non-hydrogen) atoms. The number of nitrogens with zero attached hydrogens (tertiary/aromatic N) is 2. The van der Waals surface area contributed by atoms with Crippen molar-refractivity contribution >= 4 is 11.9 Å². The molecule has 1 rings (SSSR count). The summed E-state index contributed by atoms with van der Waals surface area (Å²) in [5, 5.41) is 1.62. The molecule has 0 bridgehead atoms. The van der Waals surface area contributed by atoms with Crippen LogP contribution in [0.5, 0.6) is 0 Å². The molecule has 0 unspecified atom stereocenters. The third kappa shape index (κ3) is 3.68. The molecule has 0 aliphatic carbocycles. The first-order valence-corrected chi connectivity index (χ1v) is 4.59. The number of methoxy groups -OCH3 is 1. The molecule has 6 nitrogen and oxygen atoms in total. The smallest absolute Gasteiger partial charge is 0.464 e. The molecule has 0 spiro atoms. The van der Waals surface area contributed by atoms with E-state index in [4.69, 9.17) is 0 Å². The summed E-state index contributed by atoms with van der Waals surface area (Å²) in [5.41, 5.74) is 0.00338. The summed E-state index contributed by atoms with van der Waals surface area (Å²) in [4.78, 5) is 28.8. The molecular formula is C9H8F3N3O3. The van der Waals surface area contributed by atoms with Crippen molar-refractivity contribution in [1.82, 2.24) is 15.3 Å². The molecule has 0 atom stereocenters. The van der Waals surface area contributed by atoms with Gasteiger partial charge in [-0.25, -0.2) is 9.78 Å². The summed E-state index contributed by atoms with van der Waals surface area (Å²) in [6, 6.07) is 0. The number of hydrogen-bond donors (Lipinski definition) is 1. The van der Waals surface area contributed by atoms with Gasteiger partial charge in [-0.2, -0.15) is 13.2 Å². The van der Waals surface area contributed by atoms with Gasteiger partial charge in [0, 0.05) is 0 Å². The summed E-state index contributed by atoms with van der Waals surface area (Å²) >= 11 is 0. The Hall–Kier alpha value is -2.19. The van der Waals surface area contributed by atoms with E-state index in [9.17, 15) is 22.8 Å². The van der Waals surface area contributed by atoms with Gasteiger partial charge in [-0.05, 0) is 0 Å². The average Bonchev–Trinajstić information content (AvgIpc) is 2.34. The maximum absolute atomic E-state index is 11.9. The first kappa shape index (κ1) is 13.9. The summed E-state index contributed by atoms with van der Waals surface area (Å²) in [7, 11) is 1.15. The van der Waals surface area contributed by atoms with E-state index in [1.165, 1.54) is 0 Å². The highest BCUT2D eigenvalue weighted by Gasteiger charge is 2.38. The van der Waals surface area contributed by atoms with Crippen LogP contribution in [-0.4, -0.2) is 35.1 Å². The van der Waals surface area contributed by atoms with Gasteiger partial charge < -0.3 is 10.1 Å². The minimum Gasteiger partial charge on any atom is -0.464 e. The molecule has 9 heteroatoms. The van der Waals surface area contributed by atoms with Crippen molar-refractivity contribution < 1.29 is 27.5 Å². The monoisotopic (exact) mass is 263 g/mol. The molecule has 0 aromatic carbocycles. The maximum atomic E-state index is 11.9. The second-order valence-electron chi connectivity index (χ2n) is 3.06. The van der Waals surface area contributed by atoms with Crippen molar-refractivity contribution in [2.24, 2.45) is 0 Å². The van der Waals surface area contributed by atoms with Gasteiger partial charge in [0.1, 0.15) is 0 Å². The fourth-order valence-corrected chi connectivity index (χ4v) is 0.927. The van der Waals surface area contributed by atoms with Crippen LogP contribution in [0, 0.1) is 0 Å². The van der Waals surface area contributed by atoms with E-state index in [0.717, 1.165) is 19.5 Å². The largest absolute Gasteiger partial charge is 0.471 e. The zero-order valence-corrected chi connectivity index (χ0v) is 9.11. The molecule has 0 aliphatic heterocycles.